The zero-order valence-electron chi connectivity index (χ0n) is 18.8. The third-order valence-electron chi connectivity index (χ3n) is 6.07. The van der Waals surface area contributed by atoms with E-state index < -0.39 is 0 Å². The second-order valence-electron chi connectivity index (χ2n) is 8.39. The molecule has 1 N–H and O–H groups in total. The quantitative estimate of drug-likeness (QED) is 0.466. The number of nitrogens with one attached hydrogen (secondary N) is 1. The maximum Gasteiger partial charge on any atom is 0.241 e. The van der Waals surface area contributed by atoms with Crippen molar-refractivity contribution in [2.45, 2.75) is 38.3 Å². The molecule has 1 fully saturated rings. The van der Waals surface area contributed by atoms with Crippen LogP contribution in [0.4, 0.5) is 0 Å². The van der Waals surface area contributed by atoms with Gasteiger partial charge in [0.25, 0.3) is 0 Å². The maximum atomic E-state index is 12.4. The molecule has 0 aliphatic carbocycles. The molecule has 2 aromatic carbocycles. The van der Waals surface area contributed by atoms with Gasteiger partial charge in [-0.3, -0.25) is 14.5 Å². The summed E-state index contributed by atoms with van der Waals surface area (Å²) in [6.07, 6.45) is 5.44. The van der Waals surface area contributed by atoms with Gasteiger partial charge in [-0.05, 0) is 56.0 Å². The number of aromatic nitrogens is 3. The van der Waals surface area contributed by atoms with Crippen molar-refractivity contribution in [3.63, 3.8) is 0 Å². The summed E-state index contributed by atoms with van der Waals surface area (Å²) in [5.74, 6) is -0.0554. The Morgan fingerprint density at radius 1 is 1.24 bits per heavy atom. The van der Waals surface area contributed by atoms with Gasteiger partial charge in [0.2, 0.25) is 5.91 Å². The van der Waals surface area contributed by atoms with Crippen molar-refractivity contribution in [2.24, 2.45) is 0 Å². The van der Waals surface area contributed by atoms with Crippen LogP contribution in [0.5, 0.6) is 0 Å². The van der Waals surface area contributed by atoms with Crippen LogP contribution in [0.2, 0.25) is 10.0 Å². The summed E-state index contributed by atoms with van der Waals surface area (Å²) in [6.45, 7) is 4.33. The van der Waals surface area contributed by atoms with E-state index in [0.29, 0.717) is 47.1 Å². The molecule has 1 aromatic heterocycles. The van der Waals surface area contributed by atoms with Gasteiger partial charge < -0.3 is 5.32 Å². The van der Waals surface area contributed by atoms with Crippen LogP contribution in [0.25, 0.3) is 5.69 Å². The van der Waals surface area contributed by atoms with Gasteiger partial charge in [-0.1, -0.05) is 59.3 Å². The molecule has 0 spiro atoms. The SMILES string of the molecule is C=C1CCC(N(C)Cc2c(C=O)cccc2CCc2cn(-c3cccc(Cl)c3Cl)nn2)C(=O)N1. The lowest BCUT2D eigenvalue weighted by molar-refractivity contribution is -0.126. The van der Waals surface area contributed by atoms with E-state index in [2.05, 4.69) is 22.2 Å². The average molecular weight is 498 g/mol. The fourth-order valence-electron chi connectivity index (χ4n) is 4.20. The van der Waals surface area contributed by atoms with E-state index in [1.807, 2.05) is 36.3 Å². The number of allylic oxidation sites excluding steroid dienone is 1. The number of carbonyl (C=O) groups excluding carboxylic acids is 2. The monoisotopic (exact) mass is 497 g/mol. The first-order valence-corrected chi connectivity index (χ1v) is 11.7. The van der Waals surface area contributed by atoms with Crippen LogP contribution < -0.4 is 5.32 Å². The van der Waals surface area contributed by atoms with Crippen molar-refractivity contribution in [3.8, 4) is 5.69 Å². The highest BCUT2D eigenvalue weighted by Gasteiger charge is 2.28. The molecule has 1 amide bonds. The average Bonchev–Trinajstić information content (AvgIpc) is 3.28. The number of rotatable bonds is 8. The van der Waals surface area contributed by atoms with Crippen LogP contribution in [0.1, 0.15) is 40.0 Å². The fraction of sp³-hybridized carbons (Fsp3) is 0.280. The van der Waals surface area contributed by atoms with Crippen molar-refractivity contribution in [3.05, 3.63) is 87.3 Å². The van der Waals surface area contributed by atoms with Crippen LogP contribution in [0.15, 0.2) is 54.9 Å². The smallest absolute Gasteiger partial charge is 0.241 e. The zero-order chi connectivity index (χ0) is 24.2. The Morgan fingerprint density at radius 3 is 2.79 bits per heavy atom. The van der Waals surface area contributed by atoms with Crippen LogP contribution >= 0.6 is 23.2 Å². The van der Waals surface area contributed by atoms with E-state index in [1.165, 1.54) is 0 Å². The molecule has 1 saturated heterocycles. The van der Waals surface area contributed by atoms with Crippen molar-refractivity contribution in [1.29, 1.82) is 0 Å². The first kappa shape index (κ1) is 24.1. The minimum absolute atomic E-state index is 0.0554. The lowest BCUT2D eigenvalue weighted by atomic mass is 9.96. The number of hydrogen-bond donors (Lipinski definition) is 1. The fourth-order valence-corrected chi connectivity index (χ4v) is 4.58. The van der Waals surface area contributed by atoms with Crippen molar-refractivity contribution in [2.75, 3.05) is 7.05 Å². The van der Waals surface area contributed by atoms with Crippen LogP contribution in [-0.4, -0.2) is 45.2 Å². The van der Waals surface area contributed by atoms with E-state index in [-0.39, 0.29) is 11.9 Å². The topological polar surface area (TPSA) is 80.1 Å². The molecule has 2 heterocycles. The summed E-state index contributed by atoms with van der Waals surface area (Å²) in [6, 6.07) is 10.8. The number of aryl methyl sites for hydroxylation is 2. The Balaban J connectivity index is 1.50. The van der Waals surface area contributed by atoms with Gasteiger partial charge in [-0.25, -0.2) is 4.68 Å². The summed E-state index contributed by atoms with van der Waals surface area (Å²) >= 11 is 12.4. The molecule has 7 nitrogen and oxygen atoms in total. The summed E-state index contributed by atoms with van der Waals surface area (Å²) in [5, 5.41) is 12.2. The number of halogens is 2. The van der Waals surface area contributed by atoms with Gasteiger partial charge in [0.05, 0.1) is 33.7 Å². The number of likely N-dealkylation sites (N-methyl/N-ethyl adjacent to an activating group) is 1. The highest BCUT2D eigenvalue weighted by molar-refractivity contribution is 6.43. The molecule has 176 valence electrons. The first-order chi connectivity index (χ1) is 16.4. The maximum absolute atomic E-state index is 12.4. The van der Waals surface area contributed by atoms with Crippen molar-refractivity contribution < 1.29 is 9.59 Å². The van der Waals surface area contributed by atoms with Gasteiger partial charge in [0.1, 0.15) is 6.29 Å². The lowest BCUT2D eigenvalue weighted by Crippen LogP contribution is -2.47. The number of benzene rings is 2. The highest BCUT2D eigenvalue weighted by atomic mass is 35.5. The highest BCUT2D eigenvalue weighted by Crippen LogP contribution is 2.28. The lowest BCUT2D eigenvalue weighted by Gasteiger charge is -2.32. The molecule has 9 heteroatoms. The Kier molecular flexibility index (Phi) is 7.46. The number of piperidine rings is 1. The second-order valence-corrected chi connectivity index (χ2v) is 9.18. The molecule has 1 atom stereocenters. The van der Waals surface area contributed by atoms with E-state index in [1.54, 1.807) is 22.9 Å². The molecule has 0 saturated carbocycles. The summed E-state index contributed by atoms with van der Waals surface area (Å²) < 4.78 is 1.61. The number of amides is 1. The molecule has 4 rings (SSSR count). The molecule has 34 heavy (non-hydrogen) atoms. The Bertz CT molecular complexity index is 1240. The van der Waals surface area contributed by atoms with E-state index in [4.69, 9.17) is 23.2 Å². The van der Waals surface area contributed by atoms with E-state index >= 15 is 0 Å². The molecule has 1 unspecified atom stereocenters. The standard InChI is InChI=1S/C25H25Cl2N5O2/c1-16-9-12-23(25(34)28-16)31(2)14-20-17(5-3-6-18(20)15-33)10-11-19-13-32(30-29-19)22-8-4-7-21(26)24(22)27/h3-8,13,15,23H,1,9-12,14H2,2H3,(H,28,34). The van der Waals surface area contributed by atoms with Crippen LogP contribution in [0, 0.1) is 0 Å². The Morgan fingerprint density at radius 2 is 2.03 bits per heavy atom. The Labute approximate surface area is 208 Å². The van der Waals surface area contributed by atoms with Crippen molar-refractivity contribution in [1.82, 2.24) is 25.2 Å². The molecule has 0 radical (unpaired) electrons. The molecule has 3 aromatic rings. The molecule has 1 aliphatic rings. The van der Waals surface area contributed by atoms with E-state index in [0.717, 1.165) is 35.2 Å². The van der Waals surface area contributed by atoms with Crippen LogP contribution in [-0.2, 0) is 24.2 Å². The number of hydrogen-bond acceptors (Lipinski definition) is 5. The molecular weight excluding hydrogens is 473 g/mol. The van der Waals surface area contributed by atoms with Gasteiger partial charge in [0.15, 0.2) is 0 Å². The number of aldehydes is 1. The third kappa shape index (κ3) is 5.22. The largest absolute Gasteiger partial charge is 0.329 e. The van der Waals surface area contributed by atoms with E-state index in [9.17, 15) is 9.59 Å². The third-order valence-corrected chi connectivity index (χ3v) is 6.88. The Hall–Kier alpha value is -3.00. The molecular formula is C25H25Cl2N5O2. The normalized spacial score (nSPS) is 16.1. The zero-order valence-corrected chi connectivity index (χ0v) is 20.3. The minimum Gasteiger partial charge on any atom is -0.329 e. The van der Waals surface area contributed by atoms with Crippen LogP contribution in [0.3, 0.4) is 0 Å². The van der Waals surface area contributed by atoms with Gasteiger partial charge in [0, 0.05) is 17.8 Å². The number of nitrogens with zero attached hydrogens (tertiary/aromatic N) is 4. The van der Waals surface area contributed by atoms with Crippen molar-refractivity contribution >= 4 is 35.4 Å². The van der Waals surface area contributed by atoms with Gasteiger partial charge >= 0.3 is 0 Å². The summed E-state index contributed by atoms with van der Waals surface area (Å²) in [7, 11) is 1.91. The predicted octanol–water partition coefficient (Wildman–Crippen LogP) is 4.40. The number of carbonyl (C=O) groups is 2. The first-order valence-electron chi connectivity index (χ1n) is 11.0. The van der Waals surface area contributed by atoms with Gasteiger partial charge in [-0.15, -0.1) is 5.10 Å². The molecule has 0 bridgehead atoms. The van der Waals surface area contributed by atoms with Gasteiger partial charge in [-0.2, -0.15) is 0 Å². The minimum atomic E-state index is -0.264. The summed E-state index contributed by atoms with van der Waals surface area (Å²) in [4.78, 5) is 26.2. The summed E-state index contributed by atoms with van der Waals surface area (Å²) in [5.41, 5.74) is 4.77. The second kappa shape index (κ2) is 10.5. The predicted molar refractivity (Wildman–Crippen MR) is 132 cm³/mol. The molecule has 1 aliphatic heterocycles.